The van der Waals surface area contributed by atoms with Gasteiger partial charge in [-0.05, 0) is 68.0 Å². The van der Waals surface area contributed by atoms with Crippen LogP contribution in [0.25, 0.3) is 0 Å². The normalized spacial score (nSPS) is 18.2. The Bertz CT molecular complexity index is 730. The van der Waals surface area contributed by atoms with Crippen LogP contribution < -0.4 is 15.4 Å². The summed E-state index contributed by atoms with van der Waals surface area (Å²) in [6.07, 6.45) is 2.98. The molecule has 0 aromatic heterocycles. The van der Waals surface area contributed by atoms with Gasteiger partial charge in [0.05, 0.1) is 12.6 Å². The third-order valence-corrected chi connectivity index (χ3v) is 5.61. The van der Waals surface area contributed by atoms with Gasteiger partial charge in [-0.25, -0.2) is 0 Å². The van der Waals surface area contributed by atoms with Crippen LogP contribution in [0.3, 0.4) is 0 Å². The number of benzene rings is 2. The topological polar surface area (TPSA) is 50.4 Å². The summed E-state index contributed by atoms with van der Waals surface area (Å²) >= 11 is 0. The number of hydrogen-bond donors (Lipinski definition) is 2. The summed E-state index contributed by atoms with van der Waals surface area (Å²) in [6, 6.07) is 18.0. The minimum Gasteiger partial charge on any atom is -0.494 e. The van der Waals surface area contributed by atoms with Crippen molar-refractivity contribution in [1.82, 2.24) is 10.6 Å². The molecule has 1 amide bonds. The summed E-state index contributed by atoms with van der Waals surface area (Å²) in [4.78, 5) is 12.9. The summed E-state index contributed by atoms with van der Waals surface area (Å²) < 4.78 is 5.55. The quantitative estimate of drug-likeness (QED) is 0.653. The Kier molecular flexibility index (Phi) is 9.49. The second-order valence-corrected chi connectivity index (χ2v) is 7.70. The molecule has 0 aliphatic carbocycles. The highest BCUT2D eigenvalue weighted by molar-refractivity contribution is 5.85. The van der Waals surface area contributed by atoms with E-state index < -0.39 is 0 Å². The molecule has 1 saturated heterocycles. The molecule has 1 heterocycles. The standard InChI is InChI=1S/C24H32N2O2.ClH/c1-3-28-22-13-11-20(12-14-22)24(19-8-5-4-6-9-19)26-23(27)16-18(2)21-10-7-15-25-17-21;/h4-6,8-9,11-14,18,21,24-25H,3,7,10,15-17H2,1-2H3,(H,26,27);1H. The molecular weight excluding hydrogens is 384 g/mol. The number of ether oxygens (including phenoxy) is 1. The summed E-state index contributed by atoms with van der Waals surface area (Å²) in [5.74, 6) is 1.92. The molecule has 1 aliphatic rings. The fourth-order valence-corrected chi connectivity index (χ4v) is 3.97. The molecule has 4 nitrogen and oxygen atoms in total. The van der Waals surface area contributed by atoms with E-state index in [1.165, 1.54) is 12.8 Å². The lowest BCUT2D eigenvalue weighted by Crippen LogP contribution is -2.36. The van der Waals surface area contributed by atoms with Gasteiger partial charge in [0, 0.05) is 6.42 Å². The van der Waals surface area contributed by atoms with E-state index in [4.69, 9.17) is 4.74 Å². The summed E-state index contributed by atoms with van der Waals surface area (Å²) in [5.41, 5.74) is 2.15. The van der Waals surface area contributed by atoms with E-state index in [1.54, 1.807) is 0 Å². The highest BCUT2D eigenvalue weighted by atomic mass is 35.5. The van der Waals surface area contributed by atoms with E-state index in [-0.39, 0.29) is 24.4 Å². The first-order valence-electron chi connectivity index (χ1n) is 10.4. The van der Waals surface area contributed by atoms with Gasteiger partial charge in [0.1, 0.15) is 5.75 Å². The fraction of sp³-hybridized carbons (Fsp3) is 0.458. The molecule has 3 unspecified atom stereocenters. The SMILES string of the molecule is CCOc1ccc(C(NC(=O)CC(C)C2CCCNC2)c2ccccc2)cc1.Cl. The van der Waals surface area contributed by atoms with Crippen LogP contribution in [0.2, 0.25) is 0 Å². The van der Waals surface area contributed by atoms with Gasteiger partial charge in [-0.3, -0.25) is 4.79 Å². The maximum Gasteiger partial charge on any atom is 0.221 e. The molecule has 1 fully saturated rings. The lowest BCUT2D eigenvalue weighted by molar-refractivity contribution is -0.122. The number of halogens is 1. The molecule has 158 valence electrons. The van der Waals surface area contributed by atoms with Crippen molar-refractivity contribution in [2.75, 3.05) is 19.7 Å². The Morgan fingerprint density at radius 1 is 1.14 bits per heavy atom. The van der Waals surface area contributed by atoms with Crippen molar-refractivity contribution >= 4 is 18.3 Å². The van der Waals surface area contributed by atoms with Gasteiger partial charge in [0.2, 0.25) is 5.91 Å². The molecule has 29 heavy (non-hydrogen) atoms. The maximum atomic E-state index is 12.9. The minimum absolute atomic E-state index is 0. The van der Waals surface area contributed by atoms with E-state index in [0.29, 0.717) is 24.9 Å². The van der Waals surface area contributed by atoms with E-state index in [2.05, 4.69) is 29.7 Å². The summed E-state index contributed by atoms with van der Waals surface area (Å²) in [7, 11) is 0. The van der Waals surface area contributed by atoms with Gasteiger partial charge >= 0.3 is 0 Å². The average Bonchev–Trinajstić information content (AvgIpc) is 2.74. The molecule has 2 aromatic rings. The lowest BCUT2D eigenvalue weighted by Gasteiger charge is -2.28. The van der Waals surface area contributed by atoms with Crippen LogP contribution in [0.5, 0.6) is 5.75 Å². The Balaban J connectivity index is 0.00000300. The van der Waals surface area contributed by atoms with Gasteiger partial charge in [0.25, 0.3) is 0 Å². The van der Waals surface area contributed by atoms with Crippen molar-refractivity contribution in [3.05, 3.63) is 65.7 Å². The zero-order valence-corrected chi connectivity index (χ0v) is 18.2. The summed E-state index contributed by atoms with van der Waals surface area (Å²) in [6.45, 7) is 6.94. The molecule has 0 radical (unpaired) electrons. The van der Waals surface area contributed by atoms with Crippen molar-refractivity contribution in [3.63, 3.8) is 0 Å². The van der Waals surface area contributed by atoms with Crippen LogP contribution in [0, 0.1) is 11.8 Å². The van der Waals surface area contributed by atoms with Crippen LogP contribution >= 0.6 is 12.4 Å². The van der Waals surface area contributed by atoms with Gasteiger partial charge in [-0.15, -0.1) is 12.4 Å². The molecule has 0 spiro atoms. The van der Waals surface area contributed by atoms with Gasteiger partial charge in [0.15, 0.2) is 0 Å². The number of hydrogen-bond acceptors (Lipinski definition) is 3. The molecule has 1 aliphatic heterocycles. The first-order chi connectivity index (χ1) is 13.7. The zero-order valence-electron chi connectivity index (χ0n) is 17.4. The maximum absolute atomic E-state index is 12.9. The Morgan fingerprint density at radius 3 is 2.45 bits per heavy atom. The molecule has 0 saturated carbocycles. The number of nitrogens with one attached hydrogen (secondary N) is 2. The Hall–Kier alpha value is -2.04. The van der Waals surface area contributed by atoms with E-state index in [0.717, 1.165) is 30.0 Å². The second-order valence-electron chi connectivity index (χ2n) is 7.70. The molecule has 5 heteroatoms. The monoisotopic (exact) mass is 416 g/mol. The fourth-order valence-electron chi connectivity index (χ4n) is 3.97. The molecule has 0 bridgehead atoms. The first kappa shape index (κ1) is 23.2. The zero-order chi connectivity index (χ0) is 19.8. The minimum atomic E-state index is -0.152. The Labute approximate surface area is 180 Å². The van der Waals surface area contributed by atoms with E-state index in [9.17, 15) is 4.79 Å². The largest absolute Gasteiger partial charge is 0.494 e. The molecule has 2 N–H and O–H groups in total. The predicted octanol–water partition coefficient (Wildman–Crippen LogP) is 4.74. The van der Waals surface area contributed by atoms with E-state index in [1.807, 2.05) is 49.4 Å². The van der Waals surface area contributed by atoms with Crippen molar-refractivity contribution in [2.24, 2.45) is 11.8 Å². The van der Waals surface area contributed by atoms with Crippen molar-refractivity contribution < 1.29 is 9.53 Å². The average molecular weight is 417 g/mol. The van der Waals surface area contributed by atoms with Crippen molar-refractivity contribution in [3.8, 4) is 5.75 Å². The van der Waals surface area contributed by atoms with Gasteiger partial charge in [-0.2, -0.15) is 0 Å². The molecule has 2 aromatic carbocycles. The summed E-state index contributed by atoms with van der Waals surface area (Å²) in [5, 5.41) is 6.72. The third-order valence-electron chi connectivity index (χ3n) is 5.61. The van der Waals surface area contributed by atoms with Crippen LogP contribution in [0.4, 0.5) is 0 Å². The molecule has 3 atom stereocenters. The third kappa shape index (κ3) is 6.76. The number of piperidine rings is 1. The van der Waals surface area contributed by atoms with Crippen molar-refractivity contribution in [1.29, 1.82) is 0 Å². The van der Waals surface area contributed by atoms with Crippen LogP contribution in [0.15, 0.2) is 54.6 Å². The van der Waals surface area contributed by atoms with Gasteiger partial charge < -0.3 is 15.4 Å². The Morgan fingerprint density at radius 2 is 1.83 bits per heavy atom. The first-order valence-corrected chi connectivity index (χ1v) is 10.4. The van der Waals surface area contributed by atoms with Crippen molar-refractivity contribution in [2.45, 2.75) is 39.2 Å². The van der Waals surface area contributed by atoms with Gasteiger partial charge in [-0.1, -0.05) is 49.4 Å². The highest BCUT2D eigenvalue weighted by Crippen LogP contribution is 2.26. The van der Waals surface area contributed by atoms with Crippen LogP contribution in [-0.2, 0) is 4.79 Å². The van der Waals surface area contributed by atoms with E-state index >= 15 is 0 Å². The lowest BCUT2D eigenvalue weighted by atomic mass is 9.85. The molecule has 3 rings (SSSR count). The van der Waals surface area contributed by atoms with Crippen LogP contribution in [0.1, 0.15) is 50.3 Å². The smallest absolute Gasteiger partial charge is 0.221 e. The second kappa shape index (κ2) is 11.8. The highest BCUT2D eigenvalue weighted by Gasteiger charge is 2.24. The number of carbonyl (C=O) groups is 1. The number of carbonyl (C=O) groups excluding carboxylic acids is 1. The predicted molar refractivity (Wildman–Crippen MR) is 121 cm³/mol. The van der Waals surface area contributed by atoms with Crippen LogP contribution in [-0.4, -0.2) is 25.6 Å². The number of amides is 1. The number of rotatable bonds is 8. The molecular formula is C24H33ClN2O2.